The number of nitrogens with one attached hydrogen (secondary N) is 2. The molecule has 1 aromatic carbocycles. The van der Waals surface area contributed by atoms with E-state index in [1.165, 1.54) is 0 Å². The van der Waals surface area contributed by atoms with E-state index in [1.54, 1.807) is 12.1 Å². The zero-order chi connectivity index (χ0) is 15.2. The number of carbonyl (C=O) groups is 2. The fourth-order valence-electron chi connectivity index (χ4n) is 2.52. The van der Waals surface area contributed by atoms with Gasteiger partial charge in [0.15, 0.2) is 0 Å². The second-order valence-corrected chi connectivity index (χ2v) is 6.31. The molecule has 1 saturated carbocycles. The molecule has 2 amide bonds. The van der Waals surface area contributed by atoms with Crippen LogP contribution >= 0.6 is 28.3 Å². The van der Waals surface area contributed by atoms with Gasteiger partial charge in [0.1, 0.15) is 0 Å². The number of halogens is 2. The van der Waals surface area contributed by atoms with Gasteiger partial charge in [0.25, 0.3) is 0 Å². The summed E-state index contributed by atoms with van der Waals surface area (Å²) in [6.45, 7) is -0.0133. The van der Waals surface area contributed by atoms with Crippen molar-refractivity contribution in [2.24, 2.45) is 11.7 Å². The van der Waals surface area contributed by atoms with E-state index < -0.39 is 0 Å². The summed E-state index contributed by atoms with van der Waals surface area (Å²) in [5.74, 6) is -0.365. The molecule has 1 fully saturated rings. The quantitative estimate of drug-likeness (QED) is 0.738. The summed E-state index contributed by atoms with van der Waals surface area (Å²) in [6, 6.07) is 7.38. The maximum atomic E-state index is 12.0. The molecule has 0 radical (unpaired) electrons. The van der Waals surface area contributed by atoms with Crippen molar-refractivity contribution in [3.63, 3.8) is 0 Å². The van der Waals surface area contributed by atoms with Crippen LogP contribution in [-0.2, 0) is 9.59 Å². The lowest BCUT2D eigenvalue weighted by atomic mass is 9.85. The van der Waals surface area contributed by atoms with E-state index in [-0.39, 0.29) is 42.7 Å². The molecule has 0 bridgehead atoms. The van der Waals surface area contributed by atoms with E-state index in [9.17, 15) is 9.59 Å². The Balaban J connectivity index is 0.00000242. The molecule has 7 heteroatoms. The zero-order valence-electron chi connectivity index (χ0n) is 12.2. The lowest BCUT2D eigenvalue weighted by Crippen LogP contribution is -2.40. The van der Waals surface area contributed by atoms with E-state index in [2.05, 4.69) is 26.6 Å². The highest BCUT2D eigenvalue weighted by Gasteiger charge is 2.25. The van der Waals surface area contributed by atoms with Gasteiger partial charge in [0.05, 0.1) is 6.54 Å². The SMILES string of the molecule is Cl.NC1CCCC(C(=O)NCC(=O)Nc2ccc(Br)cc2)C1. The highest BCUT2D eigenvalue weighted by atomic mass is 79.9. The summed E-state index contributed by atoms with van der Waals surface area (Å²) in [5, 5.41) is 5.43. The Morgan fingerprint density at radius 2 is 1.91 bits per heavy atom. The maximum absolute atomic E-state index is 12.0. The van der Waals surface area contributed by atoms with Crippen molar-refractivity contribution < 1.29 is 9.59 Å². The highest BCUT2D eigenvalue weighted by Crippen LogP contribution is 2.23. The van der Waals surface area contributed by atoms with Crippen LogP contribution in [0.25, 0.3) is 0 Å². The van der Waals surface area contributed by atoms with Crippen LogP contribution in [0.2, 0.25) is 0 Å². The average Bonchev–Trinajstić information content (AvgIpc) is 2.47. The Labute approximate surface area is 144 Å². The van der Waals surface area contributed by atoms with Gasteiger partial charge in [-0.1, -0.05) is 22.4 Å². The lowest BCUT2D eigenvalue weighted by Gasteiger charge is -2.25. The van der Waals surface area contributed by atoms with E-state index in [0.29, 0.717) is 12.1 Å². The first-order chi connectivity index (χ1) is 10.0. The van der Waals surface area contributed by atoms with Crippen molar-refractivity contribution in [1.29, 1.82) is 0 Å². The first-order valence-electron chi connectivity index (χ1n) is 7.13. The molecule has 0 aromatic heterocycles. The van der Waals surface area contributed by atoms with Crippen molar-refractivity contribution in [2.45, 2.75) is 31.7 Å². The molecule has 4 N–H and O–H groups in total. The normalized spacial score (nSPS) is 20.6. The number of nitrogens with two attached hydrogens (primary N) is 1. The van der Waals surface area contributed by atoms with Crippen molar-refractivity contribution in [1.82, 2.24) is 5.32 Å². The molecule has 5 nitrogen and oxygen atoms in total. The van der Waals surface area contributed by atoms with Crippen molar-refractivity contribution in [3.8, 4) is 0 Å². The van der Waals surface area contributed by atoms with Crippen LogP contribution in [0.1, 0.15) is 25.7 Å². The van der Waals surface area contributed by atoms with Gasteiger partial charge in [-0.25, -0.2) is 0 Å². The van der Waals surface area contributed by atoms with Crippen LogP contribution in [0.3, 0.4) is 0 Å². The van der Waals surface area contributed by atoms with Crippen LogP contribution in [0.4, 0.5) is 5.69 Å². The first kappa shape index (κ1) is 18.9. The van der Waals surface area contributed by atoms with Crippen molar-refractivity contribution >= 4 is 45.8 Å². The molecule has 2 atom stereocenters. The largest absolute Gasteiger partial charge is 0.347 e. The Morgan fingerprint density at radius 1 is 1.23 bits per heavy atom. The number of rotatable bonds is 4. The second-order valence-electron chi connectivity index (χ2n) is 5.40. The summed E-state index contributed by atoms with van der Waals surface area (Å²) >= 11 is 3.33. The summed E-state index contributed by atoms with van der Waals surface area (Å²) in [4.78, 5) is 23.8. The monoisotopic (exact) mass is 389 g/mol. The Morgan fingerprint density at radius 3 is 2.55 bits per heavy atom. The summed E-state index contributed by atoms with van der Waals surface area (Å²) in [7, 11) is 0. The molecule has 1 aliphatic rings. The van der Waals surface area contributed by atoms with Crippen LogP contribution in [0.5, 0.6) is 0 Å². The lowest BCUT2D eigenvalue weighted by molar-refractivity contribution is -0.128. The smallest absolute Gasteiger partial charge is 0.243 e. The summed E-state index contributed by atoms with van der Waals surface area (Å²) in [5.41, 5.74) is 6.58. The minimum absolute atomic E-state index is 0. The van der Waals surface area contributed by atoms with E-state index in [4.69, 9.17) is 5.73 Å². The molecule has 2 rings (SSSR count). The third kappa shape index (κ3) is 5.94. The van der Waals surface area contributed by atoms with Crippen LogP contribution in [0.15, 0.2) is 28.7 Å². The number of carbonyl (C=O) groups excluding carboxylic acids is 2. The van der Waals surface area contributed by atoms with Crippen molar-refractivity contribution in [2.75, 3.05) is 11.9 Å². The topological polar surface area (TPSA) is 84.2 Å². The molecule has 2 unspecified atom stereocenters. The highest BCUT2D eigenvalue weighted by molar-refractivity contribution is 9.10. The third-order valence-electron chi connectivity index (χ3n) is 3.64. The maximum Gasteiger partial charge on any atom is 0.243 e. The number of benzene rings is 1. The molecule has 122 valence electrons. The number of hydrogen-bond acceptors (Lipinski definition) is 3. The molecule has 1 aliphatic carbocycles. The van der Waals surface area contributed by atoms with Crippen molar-refractivity contribution in [3.05, 3.63) is 28.7 Å². The molecule has 0 heterocycles. The zero-order valence-corrected chi connectivity index (χ0v) is 14.6. The standard InChI is InChI=1S/C15H20BrN3O2.ClH/c16-11-4-6-13(7-5-11)19-14(20)9-18-15(21)10-2-1-3-12(17)8-10;/h4-7,10,12H,1-3,8-9,17H2,(H,18,21)(H,19,20);1H. The first-order valence-corrected chi connectivity index (χ1v) is 7.92. The third-order valence-corrected chi connectivity index (χ3v) is 4.17. The predicted molar refractivity (Wildman–Crippen MR) is 93.0 cm³/mol. The van der Waals surface area contributed by atoms with Crippen LogP contribution < -0.4 is 16.4 Å². The van der Waals surface area contributed by atoms with E-state index in [1.807, 2.05) is 12.1 Å². The summed E-state index contributed by atoms with van der Waals surface area (Å²) in [6.07, 6.45) is 3.52. The van der Waals surface area contributed by atoms with Gasteiger partial charge < -0.3 is 16.4 Å². The Hall–Kier alpha value is -1.11. The minimum Gasteiger partial charge on any atom is -0.347 e. The number of hydrogen-bond donors (Lipinski definition) is 3. The second kappa shape index (κ2) is 9.12. The van der Waals surface area contributed by atoms with Crippen LogP contribution in [0, 0.1) is 5.92 Å². The molecule has 0 saturated heterocycles. The van der Waals surface area contributed by atoms with Gasteiger partial charge in [-0.2, -0.15) is 0 Å². The Kier molecular flexibility index (Phi) is 7.85. The fourth-order valence-corrected chi connectivity index (χ4v) is 2.78. The van der Waals surface area contributed by atoms with Gasteiger partial charge in [-0.3, -0.25) is 9.59 Å². The van der Waals surface area contributed by atoms with Gasteiger partial charge in [-0.15, -0.1) is 12.4 Å². The summed E-state index contributed by atoms with van der Waals surface area (Å²) < 4.78 is 0.947. The van der Waals surface area contributed by atoms with Gasteiger partial charge >= 0.3 is 0 Å². The van der Waals surface area contributed by atoms with Gasteiger partial charge in [0.2, 0.25) is 11.8 Å². The van der Waals surface area contributed by atoms with Crippen LogP contribution in [-0.4, -0.2) is 24.4 Å². The van der Waals surface area contributed by atoms with E-state index in [0.717, 1.165) is 23.7 Å². The van der Waals surface area contributed by atoms with Gasteiger partial charge in [0, 0.05) is 22.1 Å². The van der Waals surface area contributed by atoms with E-state index >= 15 is 0 Å². The number of amides is 2. The minimum atomic E-state index is -0.231. The molecular weight excluding hydrogens is 370 g/mol. The predicted octanol–water partition coefficient (Wildman–Crippen LogP) is 2.44. The molecule has 22 heavy (non-hydrogen) atoms. The fraction of sp³-hybridized carbons (Fsp3) is 0.467. The molecular formula is C15H21BrClN3O2. The molecule has 1 aromatic rings. The molecule has 0 aliphatic heterocycles. The Bertz CT molecular complexity index is 510. The average molecular weight is 391 g/mol. The number of anilines is 1. The van der Waals surface area contributed by atoms with Gasteiger partial charge in [-0.05, 0) is 43.5 Å². The molecule has 0 spiro atoms.